The van der Waals surface area contributed by atoms with Crippen LogP contribution in [0.5, 0.6) is 0 Å². The SMILES string of the molecule is CN(C/C=C/c1ccc2ccccc2c1)Cc1coc2ccccc12.Cl. The van der Waals surface area contributed by atoms with Gasteiger partial charge in [0.15, 0.2) is 0 Å². The Hall–Kier alpha value is -2.55. The first kappa shape index (κ1) is 18.2. The molecule has 0 radical (unpaired) electrons. The zero-order chi connectivity index (χ0) is 17.1. The van der Waals surface area contributed by atoms with E-state index in [2.05, 4.69) is 78.7 Å². The molecule has 0 spiro atoms. The Kier molecular flexibility index (Phi) is 5.77. The van der Waals surface area contributed by atoms with Crippen LogP contribution in [0.4, 0.5) is 0 Å². The molecule has 4 aromatic rings. The van der Waals surface area contributed by atoms with Crippen molar-refractivity contribution in [3.63, 3.8) is 0 Å². The standard InChI is InChI=1S/C23H21NO.ClH/c1-24(16-21-17-25-23-11-5-4-10-22(21)23)14-6-7-18-12-13-19-8-2-3-9-20(19)15-18;/h2-13,15,17H,14,16H2,1H3;1H/b7-6+;. The van der Waals surface area contributed by atoms with Gasteiger partial charge in [0.2, 0.25) is 0 Å². The lowest BCUT2D eigenvalue weighted by molar-refractivity contribution is 0.363. The number of furan rings is 1. The zero-order valence-electron chi connectivity index (χ0n) is 14.8. The molecule has 0 amide bonds. The second-order valence-corrected chi connectivity index (χ2v) is 6.46. The van der Waals surface area contributed by atoms with Crippen molar-refractivity contribution in [2.75, 3.05) is 13.6 Å². The van der Waals surface area contributed by atoms with Crippen LogP contribution < -0.4 is 0 Å². The molecule has 0 unspecified atom stereocenters. The number of benzene rings is 3. The van der Waals surface area contributed by atoms with E-state index in [0.717, 1.165) is 18.7 Å². The van der Waals surface area contributed by atoms with E-state index in [9.17, 15) is 0 Å². The molecule has 0 aliphatic carbocycles. The van der Waals surface area contributed by atoms with Gasteiger partial charge in [0.25, 0.3) is 0 Å². The van der Waals surface area contributed by atoms with Gasteiger partial charge in [-0.05, 0) is 35.5 Å². The molecule has 4 rings (SSSR count). The molecule has 0 aliphatic heterocycles. The number of nitrogens with zero attached hydrogens (tertiary/aromatic N) is 1. The highest BCUT2D eigenvalue weighted by Crippen LogP contribution is 2.22. The highest BCUT2D eigenvalue weighted by atomic mass is 35.5. The molecule has 0 saturated heterocycles. The molecular formula is C23H22ClNO. The maximum Gasteiger partial charge on any atom is 0.134 e. The van der Waals surface area contributed by atoms with E-state index in [0.29, 0.717) is 0 Å². The van der Waals surface area contributed by atoms with E-state index in [1.165, 1.54) is 27.3 Å². The third kappa shape index (κ3) is 3.98. The first-order chi connectivity index (χ1) is 12.3. The van der Waals surface area contributed by atoms with Gasteiger partial charge < -0.3 is 4.42 Å². The number of fused-ring (bicyclic) bond motifs is 2. The summed E-state index contributed by atoms with van der Waals surface area (Å²) in [6.45, 7) is 1.77. The summed E-state index contributed by atoms with van der Waals surface area (Å²) in [7, 11) is 2.13. The number of likely N-dealkylation sites (N-methyl/N-ethyl adjacent to an activating group) is 1. The van der Waals surface area contributed by atoms with Crippen molar-refractivity contribution >= 4 is 40.2 Å². The molecule has 0 N–H and O–H groups in total. The van der Waals surface area contributed by atoms with Gasteiger partial charge in [-0.3, -0.25) is 4.90 Å². The third-order valence-corrected chi connectivity index (χ3v) is 4.50. The molecule has 0 bridgehead atoms. The van der Waals surface area contributed by atoms with Crippen molar-refractivity contribution in [1.82, 2.24) is 4.90 Å². The van der Waals surface area contributed by atoms with Crippen LogP contribution in [0.15, 0.2) is 83.5 Å². The van der Waals surface area contributed by atoms with Crippen LogP contribution in [-0.4, -0.2) is 18.5 Å². The van der Waals surface area contributed by atoms with Gasteiger partial charge in [-0.2, -0.15) is 0 Å². The fourth-order valence-corrected chi connectivity index (χ4v) is 3.19. The maximum atomic E-state index is 5.62. The molecule has 132 valence electrons. The summed E-state index contributed by atoms with van der Waals surface area (Å²) in [6, 6.07) is 23.2. The van der Waals surface area contributed by atoms with Crippen LogP contribution in [0.25, 0.3) is 27.8 Å². The van der Waals surface area contributed by atoms with Gasteiger partial charge in [0.05, 0.1) is 6.26 Å². The third-order valence-electron chi connectivity index (χ3n) is 4.50. The van der Waals surface area contributed by atoms with E-state index in [1.54, 1.807) is 0 Å². The largest absolute Gasteiger partial charge is 0.464 e. The summed E-state index contributed by atoms with van der Waals surface area (Å²) in [6.07, 6.45) is 6.27. The zero-order valence-corrected chi connectivity index (χ0v) is 15.6. The maximum absolute atomic E-state index is 5.62. The molecule has 0 saturated carbocycles. The van der Waals surface area contributed by atoms with Crippen molar-refractivity contribution in [2.24, 2.45) is 0 Å². The lowest BCUT2D eigenvalue weighted by Crippen LogP contribution is -2.17. The fraction of sp³-hybridized carbons (Fsp3) is 0.130. The summed E-state index contributed by atoms with van der Waals surface area (Å²) in [5, 5.41) is 3.76. The summed E-state index contributed by atoms with van der Waals surface area (Å²) >= 11 is 0. The molecule has 3 aromatic carbocycles. The molecule has 0 atom stereocenters. The van der Waals surface area contributed by atoms with Gasteiger partial charge in [-0.15, -0.1) is 12.4 Å². The quantitative estimate of drug-likeness (QED) is 0.422. The van der Waals surface area contributed by atoms with Crippen molar-refractivity contribution in [2.45, 2.75) is 6.54 Å². The van der Waals surface area contributed by atoms with Crippen LogP contribution in [0.2, 0.25) is 0 Å². The topological polar surface area (TPSA) is 16.4 Å². The van der Waals surface area contributed by atoms with E-state index in [4.69, 9.17) is 4.42 Å². The summed E-state index contributed by atoms with van der Waals surface area (Å²) in [5.41, 5.74) is 3.43. The smallest absolute Gasteiger partial charge is 0.134 e. The highest BCUT2D eigenvalue weighted by Gasteiger charge is 2.06. The Balaban J connectivity index is 0.00000196. The highest BCUT2D eigenvalue weighted by molar-refractivity contribution is 5.85. The van der Waals surface area contributed by atoms with Crippen LogP contribution in [-0.2, 0) is 6.54 Å². The van der Waals surface area contributed by atoms with E-state index in [-0.39, 0.29) is 12.4 Å². The van der Waals surface area contributed by atoms with Gasteiger partial charge >= 0.3 is 0 Å². The van der Waals surface area contributed by atoms with Gasteiger partial charge in [-0.1, -0.05) is 66.7 Å². The number of rotatable bonds is 5. The molecule has 3 heteroatoms. The lowest BCUT2D eigenvalue weighted by atomic mass is 10.1. The fourth-order valence-electron chi connectivity index (χ4n) is 3.19. The van der Waals surface area contributed by atoms with Crippen molar-refractivity contribution < 1.29 is 4.42 Å². The van der Waals surface area contributed by atoms with Crippen LogP contribution >= 0.6 is 12.4 Å². The molecule has 1 aromatic heterocycles. The summed E-state index contributed by atoms with van der Waals surface area (Å²) < 4.78 is 5.62. The normalized spacial score (nSPS) is 11.5. The van der Waals surface area contributed by atoms with Crippen LogP contribution in [0.1, 0.15) is 11.1 Å². The van der Waals surface area contributed by atoms with Crippen LogP contribution in [0.3, 0.4) is 0 Å². The minimum Gasteiger partial charge on any atom is -0.464 e. The Bertz CT molecular complexity index is 1030. The number of hydrogen-bond donors (Lipinski definition) is 0. The average molecular weight is 364 g/mol. The molecule has 1 heterocycles. The number of para-hydroxylation sites is 1. The second-order valence-electron chi connectivity index (χ2n) is 6.46. The van der Waals surface area contributed by atoms with Crippen molar-refractivity contribution in [3.8, 4) is 0 Å². The molecule has 0 fully saturated rings. The van der Waals surface area contributed by atoms with Gasteiger partial charge in [0.1, 0.15) is 5.58 Å². The number of halogens is 1. The first-order valence-corrected chi connectivity index (χ1v) is 8.58. The predicted octanol–water partition coefficient (Wildman–Crippen LogP) is 6.15. The Labute approximate surface area is 160 Å². The Morgan fingerprint density at radius 3 is 2.58 bits per heavy atom. The molecular weight excluding hydrogens is 342 g/mol. The van der Waals surface area contributed by atoms with E-state index in [1.807, 2.05) is 18.4 Å². The molecule has 26 heavy (non-hydrogen) atoms. The van der Waals surface area contributed by atoms with E-state index >= 15 is 0 Å². The van der Waals surface area contributed by atoms with E-state index < -0.39 is 0 Å². The monoisotopic (exact) mass is 363 g/mol. The first-order valence-electron chi connectivity index (χ1n) is 8.58. The minimum atomic E-state index is 0. The average Bonchev–Trinajstić information content (AvgIpc) is 3.05. The molecule has 2 nitrogen and oxygen atoms in total. The second kappa shape index (κ2) is 8.22. The summed E-state index contributed by atoms with van der Waals surface area (Å²) in [5.74, 6) is 0. The lowest BCUT2D eigenvalue weighted by Gasteiger charge is -2.13. The minimum absolute atomic E-state index is 0. The Morgan fingerprint density at radius 1 is 0.923 bits per heavy atom. The Morgan fingerprint density at radius 2 is 1.69 bits per heavy atom. The number of hydrogen-bond acceptors (Lipinski definition) is 2. The van der Waals surface area contributed by atoms with Crippen molar-refractivity contribution in [1.29, 1.82) is 0 Å². The van der Waals surface area contributed by atoms with Crippen molar-refractivity contribution in [3.05, 3.63) is 90.2 Å². The van der Waals surface area contributed by atoms with Gasteiger partial charge in [0, 0.05) is 24.0 Å². The van der Waals surface area contributed by atoms with Crippen LogP contribution in [0, 0.1) is 0 Å². The molecule has 0 aliphatic rings. The predicted molar refractivity (Wildman–Crippen MR) is 113 cm³/mol. The van der Waals surface area contributed by atoms with Gasteiger partial charge in [-0.25, -0.2) is 0 Å². The summed E-state index contributed by atoms with van der Waals surface area (Å²) in [4.78, 5) is 2.29.